The van der Waals surface area contributed by atoms with E-state index in [9.17, 15) is 4.79 Å². The van der Waals surface area contributed by atoms with Gasteiger partial charge in [-0.2, -0.15) is 0 Å². The van der Waals surface area contributed by atoms with Crippen molar-refractivity contribution in [2.75, 3.05) is 26.2 Å². The molecular formula is C17H27N5O. The molecule has 1 atom stereocenters. The van der Waals surface area contributed by atoms with Crippen molar-refractivity contribution in [3.63, 3.8) is 0 Å². The number of imidazole rings is 1. The van der Waals surface area contributed by atoms with Gasteiger partial charge in [0.15, 0.2) is 0 Å². The Labute approximate surface area is 137 Å². The molecule has 6 heteroatoms. The summed E-state index contributed by atoms with van der Waals surface area (Å²) in [5.74, 6) is 2.44. The number of aromatic nitrogens is 2. The third-order valence-electron chi connectivity index (χ3n) is 5.57. The maximum Gasteiger partial charge on any atom is 0.317 e. The highest BCUT2D eigenvalue weighted by Crippen LogP contribution is 2.44. The molecule has 0 aromatic carbocycles. The highest BCUT2D eigenvalue weighted by atomic mass is 16.2. The van der Waals surface area contributed by atoms with Gasteiger partial charge in [-0.15, -0.1) is 0 Å². The monoisotopic (exact) mass is 317 g/mol. The summed E-state index contributed by atoms with van der Waals surface area (Å²) in [6, 6.07) is 0.727. The van der Waals surface area contributed by atoms with Crippen molar-refractivity contribution in [3.8, 4) is 0 Å². The zero-order valence-electron chi connectivity index (χ0n) is 13.9. The standard InChI is InChI=1S/C17H27N5O/c1-2-21-9-10-22(11-14(21)16-18-7-8-19-16)17(23)20-15(12-3-4-12)13-5-6-13/h7-8,12-15H,2-6,9-11H2,1H3,(H,18,19)(H,20,23)/t14-/m0/s1. The Kier molecular flexibility index (Phi) is 4.01. The topological polar surface area (TPSA) is 64.3 Å². The molecule has 126 valence electrons. The number of carbonyl (C=O) groups excluding carboxylic acids is 1. The normalized spacial score (nSPS) is 25.8. The number of hydrogen-bond donors (Lipinski definition) is 2. The number of aromatic amines is 1. The average Bonchev–Trinajstić information content (AvgIpc) is 3.51. The molecule has 3 fully saturated rings. The number of amides is 2. The van der Waals surface area contributed by atoms with Gasteiger partial charge in [0.05, 0.1) is 6.04 Å². The Hall–Kier alpha value is -1.56. The predicted molar refractivity (Wildman–Crippen MR) is 87.9 cm³/mol. The highest BCUT2D eigenvalue weighted by Gasteiger charge is 2.43. The number of H-pyrrole nitrogens is 1. The third-order valence-corrected chi connectivity index (χ3v) is 5.57. The Morgan fingerprint density at radius 3 is 2.65 bits per heavy atom. The van der Waals surface area contributed by atoms with Gasteiger partial charge in [0.1, 0.15) is 5.82 Å². The maximum atomic E-state index is 12.7. The van der Waals surface area contributed by atoms with Gasteiger partial charge in [0.2, 0.25) is 0 Å². The molecule has 1 saturated heterocycles. The zero-order valence-corrected chi connectivity index (χ0v) is 13.9. The van der Waals surface area contributed by atoms with Crippen LogP contribution in [0.3, 0.4) is 0 Å². The number of piperazine rings is 1. The first-order valence-corrected chi connectivity index (χ1v) is 9.05. The van der Waals surface area contributed by atoms with Gasteiger partial charge in [0, 0.05) is 38.1 Å². The predicted octanol–water partition coefficient (Wildman–Crippen LogP) is 1.99. The second-order valence-electron chi connectivity index (χ2n) is 7.21. The molecular weight excluding hydrogens is 290 g/mol. The zero-order chi connectivity index (χ0) is 15.8. The Balaban J connectivity index is 1.41. The molecule has 0 radical (unpaired) electrons. The van der Waals surface area contributed by atoms with Gasteiger partial charge in [-0.25, -0.2) is 9.78 Å². The Bertz CT molecular complexity index is 525. The summed E-state index contributed by atoms with van der Waals surface area (Å²) >= 11 is 0. The number of nitrogens with one attached hydrogen (secondary N) is 2. The molecule has 2 heterocycles. The molecule has 1 aromatic heterocycles. The van der Waals surface area contributed by atoms with Gasteiger partial charge in [0.25, 0.3) is 0 Å². The average molecular weight is 317 g/mol. The smallest absolute Gasteiger partial charge is 0.317 e. The molecule has 1 aliphatic heterocycles. The van der Waals surface area contributed by atoms with Crippen molar-refractivity contribution in [2.45, 2.75) is 44.7 Å². The van der Waals surface area contributed by atoms with Gasteiger partial charge in [-0.1, -0.05) is 6.92 Å². The largest absolute Gasteiger partial charge is 0.347 e. The molecule has 2 saturated carbocycles. The molecule has 4 rings (SSSR count). The van der Waals surface area contributed by atoms with Crippen LogP contribution in [-0.2, 0) is 0 Å². The number of rotatable bonds is 5. The lowest BCUT2D eigenvalue weighted by atomic mass is 10.1. The minimum absolute atomic E-state index is 0.126. The fourth-order valence-electron chi connectivity index (χ4n) is 3.87. The lowest BCUT2D eigenvalue weighted by Crippen LogP contribution is -2.55. The van der Waals surface area contributed by atoms with Crippen molar-refractivity contribution in [1.29, 1.82) is 0 Å². The van der Waals surface area contributed by atoms with Crippen molar-refractivity contribution in [1.82, 2.24) is 25.1 Å². The fraction of sp³-hybridized carbons (Fsp3) is 0.765. The summed E-state index contributed by atoms with van der Waals surface area (Å²) in [5, 5.41) is 3.35. The van der Waals surface area contributed by atoms with E-state index >= 15 is 0 Å². The van der Waals surface area contributed by atoms with Crippen LogP contribution in [0.25, 0.3) is 0 Å². The van der Waals surface area contributed by atoms with Crippen LogP contribution in [0.2, 0.25) is 0 Å². The van der Waals surface area contributed by atoms with Crippen LogP contribution in [0.15, 0.2) is 12.4 Å². The van der Waals surface area contributed by atoms with Gasteiger partial charge in [-0.05, 0) is 44.1 Å². The first kappa shape index (κ1) is 15.0. The molecule has 1 aromatic rings. The van der Waals surface area contributed by atoms with Crippen LogP contribution in [0.5, 0.6) is 0 Å². The van der Waals surface area contributed by atoms with E-state index < -0.39 is 0 Å². The summed E-state index contributed by atoms with van der Waals surface area (Å²) in [7, 11) is 0. The molecule has 2 aliphatic carbocycles. The van der Waals surface area contributed by atoms with Crippen molar-refractivity contribution < 1.29 is 4.79 Å². The number of nitrogens with zero attached hydrogens (tertiary/aromatic N) is 3. The maximum absolute atomic E-state index is 12.7. The van der Waals surface area contributed by atoms with Crippen molar-refractivity contribution in [2.24, 2.45) is 11.8 Å². The second kappa shape index (κ2) is 6.15. The summed E-state index contributed by atoms with van der Waals surface area (Å²) in [4.78, 5) is 24.8. The van der Waals surface area contributed by atoms with Gasteiger partial charge in [-0.3, -0.25) is 4.90 Å². The number of hydrogen-bond acceptors (Lipinski definition) is 3. The molecule has 0 unspecified atom stereocenters. The fourth-order valence-corrected chi connectivity index (χ4v) is 3.87. The van der Waals surface area contributed by atoms with E-state index in [0.29, 0.717) is 6.04 Å². The highest BCUT2D eigenvalue weighted by molar-refractivity contribution is 5.75. The minimum Gasteiger partial charge on any atom is -0.347 e. The summed E-state index contributed by atoms with van der Waals surface area (Å²) in [6.45, 7) is 5.58. The van der Waals surface area contributed by atoms with Crippen LogP contribution >= 0.6 is 0 Å². The van der Waals surface area contributed by atoms with Crippen LogP contribution in [-0.4, -0.2) is 58.0 Å². The van der Waals surface area contributed by atoms with E-state index in [2.05, 4.69) is 27.1 Å². The SMILES string of the molecule is CCN1CCN(C(=O)NC(C2CC2)C2CC2)C[C@H]1c1ncc[nH]1. The summed E-state index contributed by atoms with van der Waals surface area (Å²) in [5.41, 5.74) is 0. The Morgan fingerprint density at radius 2 is 2.09 bits per heavy atom. The van der Waals surface area contributed by atoms with E-state index in [-0.39, 0.29) is 12.1 Å². The van der Waals surface area contributed by atoms with E-state index in [1.54, 1.807) is 6.20 Å². The molecule has 2 amide bonds. The molecule has 2 N–H and O–H groups in total. The van der Waals surface area contributed by atoms with Crippen LogP contribution in [0.4, 0.5) is 4.79 Å². The first-order chi connectivity index (χ1) is 11.3. The first-order valence-electron chi connectivity index (χ1n) is 9.05. The van der Waals surface area contributed by atoms with Crippen LogP contribution in [0.1, 0.15) is 44.5 Å². The van der Waals surface area contributed by atoms with E-state index in [0.717, 1.165) is 43.8 Å². The van der Waals surface area contributed by atoms with E-state index in [1.807, 2.05) is 11.1 Å². The number of likely N-dealkylation sites (N-methyl/N-ethyl adjacent to an activating group) is 1. The van der Waals surface area contributed by atoms with E-state index in [4.69, 9.17) is 0 Å². The third kappa shape index (κ3) is 3.22. The number of urea groups is 1. The number of carbonyl (C=O) groups is 1. The minimum atomic E-state index is 0.126. The van der Waals surface area contributed by atoms with Crippen LogP contribution < -0.4 is 5.32 Å². The van der Waals surface area contributed by atoms with E-state index in [1.165, 1.54) is 25.7 Å². The summed E-state index contributed by atoms with van der Waals surface area (Å²) in [6.07, 6.45) is 8.82. The van der Waals surface area contributed by atoms with Crippen molar-refractivity contribution in [3.05, 3.63) is 18.2 Å². The van der Waals surface area contributed by atoms with Crippen LogP contribution in [0, 0.1) is 11.8 Å². The van der Waals surface area contributed by atoms with Crippen molar-refractivity contribution >= 4 is 6.03 Å². The van der Waals surface area contributed by atoms with Gasteiger partial charge < -0.3 is 15.2 Å². The molecule has 6 nitrogen and oxygen atoms in total. The lowest BCUT2D eigenvalue weighted by Gasteiger charge is -2.40. The Morgan fingerprint density at radius 1 is 1.35 bits per heavy atom. The van der Waals surface area contributed by atoms with Gasteiger partial charge >= 0.3 is 6.03 Å². The molecule has 0 spiro atoms. The summed E-state index contributed by atoms with van der Waals surface area (Å²) < 4.78 is 0. The molecule has 3 aliphatic rings. The second-order valence-corrected chi connectivity index (χ2v) is 7.21. The molecule has 0 bridgehead atoms. The quantitative estimate of drug-likeness (QED) is 0.873. The molecule has 23 heavy (non-hydrogen) atoms. The lowest BCUT2D eigenvalue weighted by molar-refractivity contribution is 0.0878.